The molecule has 1 amide bonds. The Morgan fingerprint density at radius 1 is 1.19 bits per heavy atom. The van der Waals surface area contributed by atoms with Gasteiger partial charge in [0.1, 0.15) is 6.33 Å². The third-order valence-electron chi connectivity index (χ3n) is 4.03. The van der Waals surface area contributed by atoms with Crippen LogP contribution in [-0.2, 0) is 4.79 Å². The van der Waals surface area contributed by atoms with Gasteiger partial charge in [0.05, 0.1) is 10.9 Å². The van der Waals surface area contributed by atoms with E-state index in [1.165, 1.54) is 17.3 Å². The number of hydrogen-bond donors (Lipinski definition) is 1. The molecule has 0 radical (unpaired) electrons. The Morgan fingerprint density at radius 2 is 2.00 bits per heavy atom. The first-order chi connectivity index (χ1) is 12.4. The summed E-state index contributed by atoms with van der Waals surface area (Å²) in [6.07, 6.45) is 1.61. The van der Waals surface area contributed by atoms with Gasteiger partial charge in [-0.05, 0) is 62.2 Å². The van der Waals surface area contributed by atoms with Crippen LogP contribution in [0.15, 0.2) is 53.9 Å². The first-order valence-corrected chi connectivity index (χ1v) is 9.40. The number of benzene rings is 2. The van der Waals surface area contributed by atoms with Gasteiger partial charge < -0.3 is 5.32 Å². The number of carbonyl (C=O) groups excluding carboxylic acids is 1. The van der Waals surface area contributed by atoms with Gasteiger partial charge in [-0.25, -0.2) is 0 Å². The third kappa shape index (κ3) is 4.26. The minimum atomic E-state index is -0.334. The summed E-state index contributed by atoms with van der Waals surface area (Å²) in [6.45, 7) is 5.91. The maximum absolute atomic E-state index is 12.5. The molecule has 1 aromatic heterocycles. The van der Waals surface area contributed by atoms with Crippen molar-refractivity contribution in [2.75, 3.05) is 5.32 Å². The average molecular weight is 387 g/mol. The highest BCUT2D eigenvalue weighted by molar-refractivity contribution is 8.00. The summed E-state index contributed by atoms with van der Waals surface area (Å²) in [7, 11) is 0. The maximum Gasteiger partial charge on any atom is 0.237 e. The fourth-order valence-electron chi connectivity index (χ4n) is 2.38. The summed E-state index contributed by atoms with van der Waals surface area (Å²) in [4.78, 5) is 12.5. The third-order valence-corrected chi connectivity index (χ3v) is 5.32. The predicted octanol–water partition coefficient (Wildman–Crippen LogP) is 4.66. The summed E-state index contributed by atoms with van der Waals surface area (Å²) in [5.74, 6) is -0.0844. The zero-order valence-electron chi connectivity index (χ0n) is 14.7. The molecule has 1 heterocycles. The van der Waals surface area contributed by atoms with Gasteiger partial charge in [0.15, 0.2) is 5.16 Å². The van der Waals surface area contributed by atoms with Gasteiger partial charge in [-0.2, -0.15) is 0 Å². The Kier molecular flexibility index (Phi) is 5.64. The van der Waals surface area contributed by atoms with Crippen LogP contribution < -0.4 is 5.32 Å². The fourth-order valence-corrected chi connectivity index (χ4v) is 3.41. The quantitative estimate of drug-likeness (QED) is 0.648. The highest BCUT2D eigenvalue weighted by Gasteiger charge is 2.19. The van der Waals surface area contributed by atoms with Crippen LogP contribution in [0.5, 0.6) is 0 Å². The molecule has 0 aliphatic rings. The van der Waals surface area contributed by atoms with Crippen molar-refractivity contribution in [1.29, 1.82) is 0 Å². The number of anilines is 1. The molecule has 0 saturated carbocycles. The van der Waals surface area contributed by atoms with E-state index in [1.807, 2.05) is 67.8 Å². The van der Waals surface area contributed by atoms with E-state index in [1.54, 1.807) is 6.33 Å². The lowest BCUT2D eigenvalue weighted by atomic mass is 10.1. The van der Waals surface area contributed by atoms with Gasteiger partial charge >= 0.3 is 0 Å². The van der Waals surface area contributed by atoms with Crippen LogP contribution in [0, 0.1) is 13.8 Å². The first kappa shape index (κ1) is 18.5. The number of amides is 1. The van der Waals surface area contributed by atoms with Crippen molar-refractivity contribution in [2.45, 2.75) is 31.2 Å². The lowest BCUT2D eigenvalue weighted by Crippen LogP contribution is -2.23. The number of aryl methyl sites for hydroxylation is 2. The van der Waals surface area contributed by atoms with E-state index < -0.39 is 0 Å². The van der Waals surface area contributed by atoms with Crippen molar-refractivity contribution in [3.63, 3.8) is 0 Å². The molecule has 1 unspecified atom stereocenters. The van der Waals surface area contributed by atoms with Crippen LogP contribution in [-0.4, -0.2) is 25.9 Å². The van der Waals surface area contributed by atoms with Crippen molar-refractivity contribution < 1.29 is 4.79 Å². The van der Waals surface area contributed by atoms with Gasteiger partial charge in [0, 0.05) is 10.7 Å². The van der Waals surface area contributed by atoms with E-state index in [0.29, 0.717) is 10.2 Å². The molecule has 0 aliphatic heterocycles. The molecular formula is C19H19ClN4OS. The number of hydrogen-bond acceptors (Lipinski definition) is 4. The second-order valence-corrected chi connectivity index (χ2v) is 7.76. The van der Waals surface area contributed by atoms with Crippen LogP contribution in [0.3, 0.4) is 0 Å². The molecule has 2 aromatic carbocycles. The summed E-state index contributed by atoms with van der Waals surface area (Å²) in [5.41, 5.74) is 3.98. The van der Waals surface area contributed by atoms with Crippen molar-refractivity contribution in [1.82, 2.24) is 14.8 Å². The van der Waals surface area contributed by atoms with E-state index in [2.05, 4.69) is 15.5 Å². The highest BCUT2D eigenvalue weighted by atomic mass is 35.5. The van der Waals surface area contributed by atoms with E-state index in [4.69, 9.17) is 11.6 Å². The van der Waals surface area contributed by atoms with E-state index >= 15 is 0 Å². The molecule has 5 nitrogen and oxygen atoms in total. The Bertz CT molecular complexity index is 941. The van der Waals surface area contributed by atoms with E-state index in [-0.39, 0.29) is 11.2 Å². The van der Waals surface area contributed by atoms with Crippen LogP contribution in [0.1, 0.15) is 18.1 Å². The first-order valence-electron chi connectivity index (χ1n) is 8.15. The molecule has 0 fully saturated rings. The second kappa shape index (κ2) is 7.93. The Morgan fingerprint density at radius 3 is 2.73 bits per heavy atom. The van der Waals surface area contributed by atoms with Crippen molar-refractivity contribution in [3.8, 4) is 5.69 Å². The molecule has 3 rings (SSSR count). The monoisotopic (exact) mass is 386 g/mol. The normalized spacial score (nSPS) is 12.0. The lowest BCUT2D eigenvalue weighted by Gasteiger charge is -2.13. The molecule has 0 spiro atoms. The van der Waals surface area contributed by atoms with Crippen LogP contribution in [0.25, 0.3) is 5.69 Å². The van der Waals surface area contributed by atoms with Crippen LogP contribution >= 0.6 is 23.4 Å². The topological polar surface area (TPSA) is 59.8 Å². The average Bonchev–Trinajstić information content (AvgIpc) is 3.06. The second-order valence-electron chi connectivity index (χ2n) is 6.01. The van der Waals surface area contributed by atoms with Gasteiger partial charge in [-0.15, -0.1) is 10.2 Å². The van der Waals surface area contributed by atoms with Gasteiger partial charge in [0.2, 0.25) is 5.91 Å². The Balaban J connectivity index is 1.72. The molecule has 26 heavy (non-hydrogen) atoms. The van der Waals surface area contributed by atoms with E-state index in [0.717, 1.165) is 16.9 Å². The number of nitrogens with zero attached hydrogens (tertiary/aromatic N) is 3. The molecule has 0 saturated heterocycles. The van der Waals surface area contributed by atoms with Crippen LogP contribution in [0.2, 0.25) is 5.02 Å². The summed E-state index contributed by atoms with van der Waals surface area (Å²) >= 11 is 7.41. The zero-order valence-corrected chi connectivity index (χ0v) is 16.3. The van der Waals surface area contributed by atoms with Gasteiger partial charge in [0.25, 0.3) is 0 Å². The molecule has 1 N–H and O–H groups in total. The van der Waals surface area contributed by atoms with Gasteiger partial charge in [-0.1, -0.05) is 35.5 Å². The Labute approximate surface area is 161 Å². The number of thioether (sulfide) groups is 1. The predicted molar refractivity (Wildman–Crippen MR) is 106 cm³/mol. The molecule has 0 aliphatic carbocycles. The van der Waals surface area contributed by atoms with Crippen molar-refractivity contribution >= 4 is 35.0 Å². The largest absolute Gasteiger partial charge is 0.325 e. The van der Waals surface area contributed by atoms with Crippen molar-refractivity contribution in [2.24, 2.45) is 0 Å². The minimum absolute atomic E-state index is 0.0844. The summed E-state index contributed by atoms with van der Waals surface area (Å²) in [5, 5.41) is 12.0. The minimum Gasteiger partial charge on any atom is -0.325 e. The summed E-state index contributed by atoms with van der Waals surface area (Å²) < 4.78 is 1.82. The number of nitrogens with one attached hydrogen (secondary N) is 1. The Hall–Kier alpha value is -2.31. The maximum atomic E-state index is 12.5. The van der Waals surface area contributed by atoms with Crippen LogP contribution in [0.4, 0.5) is 5.69 Å². The highest BCUT2D eigenvalue weighted by Crippen LogP contribution is 2.26. The number of halogens is 1. The fraction of sp³-hybridized carbons (Fsp3) is 0.211. The molecule has 3 aromatic rings. The van der Waals surface area contributed by atoms with Crippen molar-refractivity contribution in [3.05, 3.63) is 64.9 Å². The molecule has 1 atom stereocenters. The molecule has 7 heteroatoms. The lowest BCUT2D eigenvalue weighted by molar-refractivity contribution is -0.115. The number of aromatic nitrogens is 3. The molecule has 134 valence electrons. The standard InChI is InChI=1S/C19H19ClN4OS/c1-12-7-8-16(9-13(12)2)22-18(25)14(3)26-19-23-21-11-24(19)17-6-4-5-15(20)10-17/h4-11,14H,1-3H3,(H,22,25). The summed E-state index contributed by atoms with van der Waals surface area (Å²) in [6, 6.07) is 13.3. The number of carbonyl (C=O) groups is 1. The molecule has 0 bridgehead atoms. The SMILES string of the molecule is Cc1ccc(NC(=O)C(C)Sc2nncn2-c2cccc(Cl)c2)cc1C. The number of rotatable bonds is 5. The smallest absolute Gasteiger partial charge is 0.237 e. The van der Waals surface area contributed by atoms with Gasteiger partial charge in [-0.3, -0.25) is 9.36 Å². The zero-order chi connectivity index (χ0) is 18.7. The molecular weight excluding hydrogens is 368 g/mol. The van der Waals surface area contributed by atoms with E-state index in [9.17, 15) is 4.79 Å².